The number of nitrogens with one attached hydrogen (secondary N) is 2. The van der Waals surface area contributed by atoms with Gasteiger partial charge in [-0.2, -0.15) is 36.1 Å². The Morgan fingerprint density at radius 3 is 2.79 bits per heavy atom. The molecule has 1 aliphatic heterocycles. The first-order valence-electron chi connectivity index (χ1n) is 10.1. The van der Waals surface area contributed by atoms with Gasteiger partial charge >= 0.3 is 16.4 Å². The summed E-state index contributed by atoms with van der Waals surface area (Å²) in [5.74, 6) is -0.931. The third-order valence-corrected chi connectivity index (χ3v) is 6.78. The van der Waals surface area contributed by atoms with Crippen molar-refractivity contribution in [2.45, 2.75) is 38.8 Å². The van der Waals surface area contributed by atoms with Crippen LogP contribution in [0.3, 0.4) is 0 Å². The van der Waals surface area contributed by atoms with Gasteiger partial charge in [-0.05, 0) is 49.8 Å². The topological polar surface area (TPSA) is 128 Å². The van der Waals surface area contributed by atoms with Crippen molar-refractivity contribution >= 4 is 27.8 Å². The molecular weight excluding hydrogens is 463 g/mol. The van der Waals surface area contributed by atoms with Crippen LogP contribution in [0.25, 0.3) is 0 Å². The van der Waals surface area contributed by atoms with Crippen LogP contribution < -0.4 is 10.0 Å². The third kappa shape index (κ3) is 6.23. The molecule has 1 fully saturated rings. The number of hydrogen-bond acceptors (Lipinski definition) is 7. The summed E-state index contributed by atoms with van der Waals surface area (Å²) in [5.41, 5.74) is -0.683. The van der Waals surface area contributed by atoms with E-state index in [1.165, 1.54) is 6.07 Å². The van der Waals surface area contributed by atoms with Gasteiger partial charge in [0.05, 0.1) is 11.6 Å². The highest BCUT2D eigenvalue weighted by Gasteiger charge is 2.31. The molecule has 1 amide bonds. The van der Waals surface area contributed by atoms with E-state index in [9.17, 15) is 26.4 Å². The Balaban J connectivity index is 1.67. The zero-order chi connectivity index (χ0) is 24.2. The van der Waals surface area contributed by atoms with E-state index in [1.807, 2.05) is 4.72 Å². The number of oxazole rings is 1. The maximum Gasteiger partial charge on any atom is 0.416 e. The van der Waals surface area contributed by atoms with Gasteiger partial charge in [-0.1, -0.05) is 6.07 Å². The highest BCUT2D eigenvalue weighted by molar-refractivity contribution is 7.87. The van der Waals surface area contributed by atoms with Crippen LogP contribution in [0.15, 0.2) is 28.9 Å². The largest absolute Gasteiger partial charge is 0.431 e. The van der Waals surface area contributed by atoms with Crippen molar-refractivity contribution in [2.75, 3.05) is 18.4 Å². The minimum Gasteiger partial charge on any atom is -0.431 e. The number of alkyl halides is 3. The minimum atomic E-state index is -4.54. The predicted octanol–water partition coefficient (Wildman–Crippen LogP) is 3.74. The van der Waals surface area contributed by atoms with Crippen molar-refractivity contribution < 1.29 is 30.8 Å². The molecule has 0 aliphatic carbocycles. The van der Waals surface area contributed by atoms with Crippen LogP contribution in [0.2, 0.25) is 0 Å². The van der Waals surface area contributed by atoms with Crippen LogP contribution in [-0.4, -0.2) is 36.7 Å². The summed E-state index contributed by atoms with van der Waals surface area (Å²) in [6.45, 7) is 1.97. The van der Waals surface area contributed by atoms with E-state index in [0.717, 1.165) is 29.1 Å². The smallest absolute Gasteiger partial charge is 0.416 e. The van der Waals surface area contributed by atoms with Crippen molar-refractivity contribution in [3.63, 3.8) is 0 Å². The number of anilines is 2. The Labute approximate surface area is 188 Å². The van der Waals surface area contributed by atoms with Gasteiger partial charge in [-0.25, -0.2) is 4.72 Å². The van der Waals surface area contributed by atoms with Gasteiger partial charge in [-0.15, -0.1) is 0 Å². The average Bonchev–Trinajstić information content (AvgIpc) is 3.06. The number of carbonyl (C=O) groups is 1. The molecule has 2 N–H and O–H groups in total. The first kappa shape index (κ1) is 24.5. The molecule has 9 nitrogen and oxygen atoms in total. The van der Waals surface area contributed by atoms with E-state index < -0.39 is 27.9 Å². The summed E-state index contributed by atoms with van der Waals surface area (Å²) >= 11 is 0. The van der Waals surface area contributed by atoms with Gasteiger partial charge in [-0.3, -0.25) is 4.79 Å². The number of nitrogens with zero attached hydrogens (tertiary/aromatic N) is 3. The van der Waals surface area contributed by atoms with Crippen LogP contribution in [0.1, 0.15) is 47.3 Å². The van der Waals surface area contributed by atoms with E-state index in [0.29, 0.717) is 24.8 Å². The lowest BCUT2D eigenvalue weighted by Crippen LogP contribution is -2.44. The van der Waals surface area contributed by atoms with Crippen molar-refractivity contribution in [1.29, 1.82) is 5.26 Å². The summed E-state index contributed by atoms with van der Waals surface area (Å²) in [4.78, 5) is 16.2. The molecule has 1 atom stereocenters. The van der Waals surface area contributed by atoms with Gasteiger partial charge in [0.2, 0.25) is 0 Å². The molecule has 1 aliphatic rings. The van der Waals surface area contributed by atoms with E-state index in [1.54, 1.807) is 6.92 Å². The number of halogens is 3. The molecule has 1 unspecified atom stereocenters. The quantitative estimate of drug-likeness (QED) is 0.638. The highest BCUT2D eigenvalue weighted by atomic mass is 32.2. The van der Waals surface area contributed by atoms with Gasteiger partial charge in [0.25, 0.3) is 11.9 Å². The van der Waals surface area contributed by atoms with Crippen molar-refractivity contribution in [2.24, 2.45) is 5.92 Å². The fourth-order valence-corrected chi connectivity index (χ4v) is 4.61. The van der Waals surface area contributed by atoms with Gasteiger partial charge < -0.3 is 9.73 Å². The summed E-state index contributed by atoms with van der Waals surface area (Å²) < 4.78 is 72.2. The summed E-state index contributed by atoms with van der Waals surface area (Å²) in [7, 11) is -4.15. The second-order valence-electron chi connectivity index (χ2n) is 7.68. The number of aryl methyl sites for hydroxylation is 1. The zero-order valence-electron chi connectivity index (χ0n) is 17.6. The first-order valence-corrected chi connectivity index (χ1v) is 11.5. The molecule has 1 aromatic heterocycles. The van der Waals surface area contributed by atoms with E-state index in [-0.39, 0.29) is 36.4 Å². The normalized spacial score (nSPS) is 17.7. The van der Waals surface area contributed by atoms with Gasteiger partial charge in [0.15, 0.2) is 5.69 Å². The number of hydrogen-bond donors (Lipinski definition) is 2. The van der Waals surface area contributed by atoms with Crippen LogP contribution in [-0.2, 0) is 16.4 Å². The lowest BCUT2D eigenvalue weighted by molar-refractivity contribution is -0.137. The lowest BCUT2D eigenvalue weighted by Gasteiger charge is -2.19. The van der Waals surface area contributed by atoms with Gasteiger partial charge in [0.1, 0.15) is 6.26 Å². The summed E-state index contributed by atoms with van der Waals surface area (Å²) in [5, 5.41) is 11.4. The van der Waals surface area contributed by atoms with Gasteiger partial charge in [0, 0.05) is 25.2 Å². The Morgan fingerprint density at radius 2 is 2.09 bits per heavy atom. The maximum atomic E-state index is 12.9. The van der Waals surface area contributed by atoms with E-state index >= 15 is 0 Å². The lowest BCUT2D eigenvalue weighted by atomic mass is 9.98. The summed E-state index contributed by atoms with van der Waals surface area (Å²) in [6.07, 6.45) is -1.49. The monoisotopic (exact) mass is 485 g/mol. The zero-order valence-corrected chi connectivity index (χ0v) is 18.5. The molecule has 178 valence electrons. The van der Waals surface area contributed by atoms with Crippen LogP contribution in [0, 0.1) is 24.2 Å². The van der Waals surface area contributed by atoms with Crippen molar-refractivity contribution in [3.8, 4) is 6.07 Å². The maximum absolute atomic E-state index is 12.9. The van der Waals surface area contributed by atoms with Crippen molar-refractivity contribution in [1.82, 2.24) is 14.0 Å². The molecular formula is C20H22F3N5O4S. The molecule has 0 saturated carbocycles. The molecule has 0 radical (unpaired) electrons. The molecule has 13 heteroatoms. The molecule has 2 heterocycles. The Bertz CT molecular complexity index is 1160. The first-order chi connectivity index (χ1) is 15.5. The Hall–Kier alpha value is -3.11. The van der Waals surface area contributed by atoms with Crippen LogP contribution >= 0.6 is 0 Å². The second-order valence-corrected chi connectivity index (χ2v) is 9.36. The number of nitriles is 1. The number of benzene rings is 1. The fraction of sp³-hybridized carbons (Fsp3) is 0.450. The molecule has 0 spiro atoms. The van der Waals surface area contributed by atoms with Crippen molar-refractivity contribution in [3.05, 3.63) is 41.3 Å². The fourth-order valence-electron chi connectivity index (χ4n) is 3.43. The number of carbonyl (C=O) groups excluding carboxylic acids is 1. The molecule has 1 saturated heterocycles. The van der Waals surface area contributed by atoms with E-state index in [2.05, 4.69) is 16.4 Å². The molecule has 1 aromatic carbocycles. The number of amides is 1. The molecule has 3 rings (SSSR count). The second kappa shape index (κ2) is 9.80. The minimum absolute atomic E-state index is 0.0720. The standard InChI is InChI=1S/C20H22F3N5O4S/c1-13-4-5-15(20(21,22)23)11-16(13)25-19-26-17(12-32-19)18(29)27-33(30,31)28-9-2-3-14(6-8-24)7-10-28/h4-5,11-12,14H,2-3,6-7,9-10H2,1H3,(H,25,26)(H,27,29). The SMILES string of the molecule is Cc1ccc(C(F)(F)F)cc1Nc1nc(C(=O)NS(=O)(=O)N2CCCC(CC#N)CC2)co1. The molecule has 0 bridgehead atoms. The number of aromatic nitrogens is 1. The Kier molecular flexibility index (Phi) is 7.28. The number of rotatable bonds is 6. The predicted molar refractivity (Wildman–Crippen MR) is 111 cm³/mol. The molecule has 2 aromatic rings. The summed E-state index contributed by atoms with van der Waals surface area (Å²) in [6, 6.07) is 4.91. The average molecular weight is 485 g/mol. The van der Waals surface area contributed by atoms with Crippen LogP contribution in [0.4, 0.5) is 24.9 Å². The molecule has 33 heavy (non-hydrogen) atoms. The van der Waals surface area contributed by atoms with E-state index in [4.69, 9.17) is 9.68 Å². The Morgan fingerprint density at radius 1 is 1.33 bits per heavy atom. The third-order valence-electron chi connectivity index (χ3n) is 5.29. The highest BCUT2D eigenvalue weighted by Crippen LogP contribution is 2.33. The van der Waals surface area contributed by atoms with Crippen LogP contribution in [0.5, 0.6) is 0 Å².